The van der Waals surface area contributed by atoms with E-state index in [-0.39, 0.29) is 23.5 Å². The molecule has 2 fully saturated rings. The molecule has 1 aliphatic heterocycles. The summed E-state index contributed by atoms with van der Waals surface area (Å²) in [5.41, 5.74) is -0.569. The maximum absolute atomic E-state index is 12.2. The summed E-state index contributed by atoms with van der Waals surface area (Å²) >= 11 is 0. The molecule has 2 rings (SSSR count). The van der Waals surface area contributed by atoms with Crippen molar-refractivity contribution in [1.29, 1.82) is 0 Å². The van der Waals surface area contributed by atoms with Crippen molar-refractivity contribution in [2.75, 3.05) is 18.1 Å². The Morgan fingerprint density at radius 1 is 1.22 bits per heavy atom. The minimum absolute atomic E-state index is 0.0737. The average Bonchev–Trinajstić information content (AvgIpc) is 3.16. The summed E-state index contributed by atoms with van der Waals surface area (Å²) in [7, 11) is -3.08. The van der Waals surface area contributed by atoms with Crippen molar-refractivity contribution in [2.45, 2.75) is 51.7 Å². The molecule has 2 amide bonds. The largest absolute Gasteiger partial charge is 0.444 e. The Morgan fingerprint density at radius 2 is 1.87 bits per heavy atom. The highest BCUT2D eigenvalue weighted by atomic mass is 32.2. The number of amides is 2. The molecule has 23 heavy (non-hydrogen) atoms. The van der Waals surface area contributed by atoms with Crippen LogP contribution in [0.5, 0.6) is 0 Å². The van der Waals surface area contributed by atoms with E-state index in [2.05, 4.69) is 10.6 Å². The fourth-order valence-electron chi connectivity index (χ4n) is 2.64. The molecule has 1 saturated heterocycles. The first-order chi connectivity index (χ1) is 10.6. The summed E-state index contributed by atoms with van der Waals surface area (Å²) in [6.45, 7) is 5.65. The summed E-state index contributed by atoms with van der Waals surface area (Å²) < 4.78 is 28.1. The zero-order valence-electron chi connectivity index (χ0n) is 13.9. The van der Waals surface area contributed by atoms with Crippen molar-refractivity contribution in [3.8, 4) is 0 Å². The topological polar surface area (TPSA) is 102 Å². The molecule has 0 radical (unpaired) electrons. The molecule has 132 valence electrons. The maximum atomic E-state index is 12.2. The van der Waals surface area contributed by atoms with Gasteiger partial charge in [-0.25, -0.2) is 13.2 Å². The highest BCUT2D eigenvalue weighted by Crippen LogP contribution is 2.33. The van der Waals surface area contributed by atoms with Crippen molar-refractivity contribution in [2.24, 2.45) is 11.8 Å². The summed E-state index contributed by atoms with van der Waals surface area (Å²) in [6.07, 6.45) is 1.87. The number of carbonyl (C=O) groups excluding carboxylic acids is 2. The summed E-state index contributed by atoms with van der Waals surface area (Å²) in [5, 5.41) is 5.58. The van der Waals surface area contributed by atoms with Crippen LogP contribution < -0.4 is 10.6 Å². The van der Waals surface area contributed by atoms with Crippen molar-refractivity contribution in [3.63, 3.8) is 0 Å². The van der Waals surface area contributed by atoms with Gasteiger partial charge in [0.1, 0.15) is 5.60 Å². The molecule has 1 aliphatic carbocycles. The van der Waals surface area contributed by atoms with E-state index in [1.165, 1.54) is 0 Å². The fourth-order valence-corrected chi connectivity index (χ4v) is 4.39. The van der Waals surface area contributed by atoms with E-state index >= 15 is 0 Å². The highest BCUT2D eigenvalue weighted by molar-refractivity contribution is 7.91. The van der Waals surface area contributed by atoms with Gasteiger partial charge in [-0.05, 0) is 46.0 Å². The molecule has 1 heterocycles. The van der Waals surface area contributed by atoms with E-state index in [1.807, 2.05) is 0 Å². The predicted molar refractivity (Wildman–Crippen MR) is 85.7 cm³/mol. The Labute approximate surface area is 137 Å². The van der Waals surface area contributed by atoms with Gasteiger partial charge in [0.2, 0.25) is 5.91 Å². The molecule has 2 aliphatic rings. The van der Waals surface area contributed by atoms with E-state index in [9.17, 15) is 18.0 Å². The van der Waals surface area contributed by atoms with Crippen LogP contribution in [0.15, 0.2) is 0 Å². The molecular formula is C15H26N2O5S. The van der Waals surface area contributed by atoms with E-state index in [1.54, 1.807) is 20.8 Å². The first-order valence-corrected chi connectivity index (χ1v) is 9.85. The van der Waals surface area contributed by atoms with Crippen molar-refractivity contribution < 1.29 is 22.7 Å². The molecule has 0 aromatic rings. The van der Waals surface area contributed by atoms with Gasteiger partial charge in [0.05, 0.1) is 17.4 Å². The van der Waals surface area contributed by atoms with Crippen molar-refractivity contribution in [3.05, 3.63) is 0 Å². The SMILES string of the molecule is CC(C)(C)OC(=O)NC[C@H](NC(=O)[C@H]1CCS(=O)(=O)C1)C1CC1. The van der Waals surface area contributed by atoms with Crippen molar-refractivity contribution >= 4 is 21.8 Å². The van der Waals surface area contributed by atoms with Gasteiger partial charge in [-0.2, -0.15) is 0 Å². The zero-order chi connectivity index (χ0) is 17.3. The molecule has 1 saturated carbocycles. The maximum Gasteiger partial charge on any atom is 0.407 e. The van der Waals surface area contributed by atoms with E-state index < -0.39 is 27.4 Å². The first-order valence-electron chi connectivity index (χ1n) is 8.03. The number of carbonyl (C=O) groups is 2. The van der Waals surface area contributed by atoms with Crippen LogP contribution in [0, 0.1) is 11.8 Å². The van der Waals surface area contributed by atoms with Crippen LogP contribution in [0.4, 0.5) is 4.79 Å². The lowest BCUT2D eigenvalue weighted by atomic mass is 10.1. The minimum atomic E-state index is -3.08. The normalized spacial score (nSPS) is 24.7. The van der Waals surface area contributed by atoms with E-state index in [0.29, 0.717) is 18.9 Å². The number of ether oxygens (including phenoxy) is 1. The monoisotopic (exact) mass is 346 g/mol. The molecule has 7 nitrogen and oxygen atoms in total. The van der Waals surface area contributed by atoms with E-state index in [4.69, 9.17) is 4.74 Å². The Hall–Kier alpha value is -1.31. The standard InChI is InChI=1S/C15H26N2O5S/c1-15(2,3)22-14(19)16-8-12(10-4-5-10)17-13(18)11-6-7-23(20,21)9-11/h10-12H,4-9H2,1-3H3,(H,16,19)(H,17,18)/t11-,12-/m0/s1. The van der Waals surface area contributed by atoms with Crippen molar-refractivity contribution in [1.82, 2.24) is 10.6 Å². The van der Waals surface area contributed by atoms with Gasteiger partial charge in [0.15, 0.2) is 9.84 Å². The Bertz CT molecular complexity index is 563. The number of nitrogens with one attached hydrogen (secondary N) is 2. The molecule has 2 N–H and O–H groups in total. The molecule has 0 bridgehead atoms. The highest BCUT2D eigenvalue weighted by Gasteiger charge is 2.37. The molecule has 0 spiro atoms. The molecular weight excluding hydrogens is 320 g/mol. The van der Waals surface area contributed by atoms with Crippen LogP contribution in [0.25, 0.3) is 0 Å². The van der Waals surface area contributed by atoms with Gasteiger partial charge in [0.25, 0.3) is 0 Å². The minimum Gasteiger partial charge on any atom is -0.444 e. The molecule has 2 atom stereocenters. The second-order valence-corrected chi connectivity index (χ2v) is 9.66. The fraction of sp³-hybridized carbons (Fsp3) is 0.867. The van der Waals surface area contributed by atoms with Crippen LogP contribution in [0.2, 0.25) is 0 Å². The average molecular weight is 346 g/mol. The molecule has 0 unspecified atom stereocenters. The lowest BCUT2D eigenvalue weighted by Crippen LogP contribution is -2.48. The number of sulfone groups is 1. The third kappa shape index (κ3) is 6.01. The molecule has 8 heteroatoms. The van der Waals surface area contributed by atoms with Gasteiger partial charge in [-0.3, -0.25) is 4.79 Å². The molecule has 0 aromatic carbocycles. The molecule has 0 aromatic heterocycles. The van der Waals surface area contributed by atoms with Crippen LogP contribution in [0.1, 0.15) is 40.0 Å². The van der Waals surface area contributed by atoms with E-state index in [0.717, 1.165) is 12.8 Å². The number of alkyl carbamates (subject to hydrolysis) is 1. The number of hydrogen-bond donors (Lipinski definition) is 2. The van der Waals surface area contributed by atoms with Gasteiger partial charge >= 0.3 is 6.09 Å². The second-order valence-electron chi connectivity index (χ2n) is 7.44. The lowest BCUT2D eigenvalue weighted by Gasteiger charge is -2.23. The summed E-state index contributed by atoms with van der Waals surface area (Å²) in [6, 6.07) is -0.168. The Kier molecular flexibility index (Phi) is 5.23. The third-order valence-corrected chi connectivity index (χ3v) is 5.76. The first kappa shape index (κ1) is 18.0. The Balaban J connectivity index is 1.82. The van der Waals surface area contributed by atoms with Crippen LogP contribution in [0.3, 0.4) is 0 Å². The lowest BCUT2D eigenvalue weighted by molar-refractivity contribution is -0.125. The van der Waals surface area contributed by atoms with Gasteiger partial charge in [-0.1, -0.05) is 0 Å². The number of rotatable bonds is 5. The zero-order valence-corrected chi connectivity index (χ0v) is 14.7. The quantitative estimate of drug-likeness (QED) is 0.768. The van der Waals surface area contributed by atoms with Gasteiger partial charge in [0, 0.05) is 12.6 Å². The predicted octanol–water partition coefficient (Wildman–Crippen LogP) is 0.841. The second kappa shape index (κ2) is 6.67. The summed E-state index contributed by atoms with van der Waals surface area (Å²) in [4.78, 5) is 23.9. The summed E-state index contributed by atoms with van der Waals surface area (Å²) in [5.74, 6) is -0.353. The van der Waals surface area contributed by atoms with Gasteiger partial charge in [-0.15, -0.1) is 0 Å². The van der Waals surface area contributed by atoms with Crippen LogP contribution in [-0.2, 0) is 19.4 Å². The van der Waals surface area contributed by atoms with Crippen LogP contribution >= 0.6 is 0 Å². The Morgan fingerprint density at radius 3 is 2.35 bits per heavy atom. The number of hydrogen-bond acceptors (Lipinski definition) is 5. The third-order valence-electron chi connectivity index (χ3n) is 3.99. The van der Waals surface area contributed by atoms with Crippen LogP contribution in [-0.4, -0.2) is 50.1 Å². The van der Waals surface area contributed by atoms with Gasteiger partial charge < -0.3 is 15.4 Å². The smallest absolute Gasteiger partial charge is 0.407 e.